The van der Waals surface area contributed by atoms with Crippen LogP contribution in [0.2, 0.25) is 0 Å². The highest BCUT2D eigenvalue weighted by atomic mass is 16.5. The highest BCUT2D eigenvalue weighted by Crippen LogP contribution is 2.38. The highest BCUT2D eigenvalue weighted by Gasteiger charge is 2.21. The van der Waals surface area contributed by atoms with Crippen molar-refractivity contribution >= 4 is 6.08 Å². The van der Waals surface area contributed by atoms with Crippen molar-refractivity contribution in [1.29, 1.82) is 0 Å². The fourth-order valence-corrected chi connectivity index (χ4v) is 3.15. The number of hydrogen-bond acceptors (Lipinski definition) is 4. The predicted octanol–water partition coefficient (Wildman–Crippen LogP) is 4.68. The van der Waals surface area contributed by atoms with Crippen LogP contribution in [0.1, 0.15) is 30.5 Å². The molecule has 0 radical (unpaired) electrons. The number of aryl methyl sites for hydroxylation is 2. The van der Waals surface area contributed by atoms with E-state index >= 15 is 0 Å². The van der Waals surface area contributed by atoms with Gasteiger partial charge in [0.05, 0.1) is 21.3 Å². The highest BCUT2D eigenvalue weighted by molar-refractivity contribution is 5.62. The van der Waals surface area contributed by atoms with Crippen molar-refractivity contribution in [3.63, 3.8) is 0 Å². The summed E-state index contributed by atoms with van der Waals surface area (Å²) in [4.78, 5) is 0. The van der Waals surface area contributed by atoms with Gasteiger partial charge >= 0.3 is 0 Å². The number of ether oxygens (including phenoxy) is 4. The van der Waals surface area contributed by atoms with Gasteiger partial charge < -0.3 is 18.9 Å². The Morgan fingerprint density at radius 3 is 2.12 bits per heavy atom. The first kappa shape index (κ1) is 18.2. The molecule has 2 aromatic rings. The predicted molar refractivity (Wildman–Crippen MR) is 104 cm³/mol. The van der Waals surface area contributed by atoms with Crippen molar-refractivity contribution in [1.82, 2.24) is 0 Å². The summed E-state index contributed by atoms with van der Waals surface area (Å²) in [6.45, 7) is 4.12. The third kappa shape index (κ3) is 3.79. The molecule has 3 rings (SSSR count). The molecule has 0 unspecified atom stereocenters. The van der Waals surface area contributed by atoms with Gasteiger partial charge in [-0.15, -0.1) is 0 Å². The van der Waals surface area contributed by atoms with E-state index in [9.17, 15) is 0 Å². The Bertz CT molecular complexity index is 796. The maximum absolute atomic E-state index is 5.99. The molecule has 0 N–H and O–H groups in total. The number of hydrogen-bond donors (Lipinski definition) is 0. The number of fused-ring (bicyclic) bond motifs is 1. The van der Waals surface area contributed by atoms with Crippen LogP contribution in [-0.2, 0) is 12.8 Å². The fourth-order valence-electron chi connectivity index (χ4n) is 3.15. The maximum Gasteiger partial charge on any atom is 0.203 e. The van der Waals surface area contributed by atoms with Crippen molar-refractivity contribution in [2.24, 2.45) is 0 Å². The molecule has 2 aromatic carbocycles. The maximum atomic E-state index is 5.99. The first-order chi connectivity index (χ1) is 12.5. The molecule has 0 saturated carbocycles. The zero-order valence-electron chi connectivity index (χ0n) is 16.1. The van der Waals surface area contributed by atoms with Crippen LogP contribution in [0.25, 0.3) is 6.08 Å². The summed E-state index contributed by atoms with van der Waals surface area (Å²) in [6, 6.07) is 10.4. The van der Waals surface area contributed by atoms with Crippen LogP contribution in [0.3, 0.4) is 0 Å². The Kier molecular flexibility index (Phi) is 5.12. The third-order valence-electron chi connectivity index (χ3n) is 4.54. The van der Waals surface area contributed by atoms with Crippen LogP contribution < -0.4 is 18.9 Å². The van der Waals surface area contributed by atoms with Crippen molar-refractivity contribution in [2.45, 2.75) is 32.3 Å². The SMILES string of the molecule is COc1cc(CCc2ccc3c(c2)C=CC(C)(C)O3)cc(OC)c1OC. The molecule has 1 aliphatic heterocycles. The van der Waals surface area contributed by atoms with Crippen molar-refractivity contribution in [3.8, 4) is 23.0 Å². The largest absolute Gasteiger partial charge is 0.493 e. The molecule has 0 bridgehead atoms. The lowest BCUT2D eigenvalue weighted by atomic mass is 9.98. The number of benzene rings is 2. The minimum absolute atomic E-state index is 0.245. The quantitative estimate of drug-likeness (QED) is 0.755. The number of methoxy groups -OCH3 is 3. The van der Waals surface area contributed by atoms with E-state index in [2.05, 4.69) is 44.2 Å². The van der Waals surface area contributed by atoms with E-state index in [1.807, 2.05) is 12.1 Å². The molecule has 4 heteroatoms. The molecule has 1 aliphatic rings. The summed E-state index contributed by atoms with van der Waals surface area (Å²) in [5.74, 6) is 2.93. The second kappa shape index (κ2) is 7.32. The van der Waals surface area contributed by atoms with Crippen LogP contribution in [-0.4, -0.2) is 26.9 Å². The minimum atomic E-state index is -0.245. The molecule has 0 aromatic heterocycles. The molecule has 0 amide bonds. The van der Waals surface area contributed by atoms with E-state index < -0.39 is 0 Å². The molecule has 138 valence electrons. The molecule has 0 aliphatic carbocycles. The molecule has 1 heterocycles. The topological polar surface area (TPSA) is 36.9 Å². The van der Waals surface area contributed by atoms with Crippen LogP contribution in [0.5, 0.6) is 23.0 Å². The van der Waals surface area contributed by atoms with Gasteiger partial charge in [0.15, 0.2) is 11.5 Å². The van der Waals surface area contributed by atoms with E-state index in [1.165, 1.54) is 5.56 Å². The smallest absolute Gasteiger partial charge is 0.203 e. The standard InChI is InChI=1S/C22H26O4/c1-22(2)11-10-17-12-15(8-9-18(17)26-22)6-7-16-13-19(23-3)21(25-5)20(14-16)24-4/h8-14H,6-7H2,1-5H3. The van der Waals surface area contributed by atoms with E-state index in [0.717, 1.165) is 29.7 Å². The van der Waals surface area contributed by atoms with Crippen molar-refractivity contribution < 1.29 is 18.9 Å². The van der Waals surface area contributed by atoms with Gasteiger partial charge in [0.2, 0.25) is 5.75 Å². The Hall–Kier alpha value is -2.62. The first-order valence-corrected chi connectivity index (χ1v) is 8.76. The summed E-state index contributed by atoms with van der Waals surface area (Å²) in [5.41, 5.74) is 3.30. The van der Waals surface area contributed by atoms with Gasteiger partial charge in [0, 0.05) is 5.56 Å². The Morgan fingerprint density at radius 1 is 0.846 bits per heavy atom. The zero-order chi connectivity index (χ0) is 18.7. The Morgan fingerprint density at radius 2 is 1.50 bits per heavy atom. The average Bonchev–Trinajstić information content (AvgIpc) is 2.64. The summed E-state index contributed by atoms with van der Waals surface area (Å²) < 4.78 is 22.2. The summed E-state index contributed by atoms with van der Waals surface area (Å²) in [7, 11) is 4.89. The lowest BCUT2D eigenvalue weighted by molar-refractivity contribution is 0.159. The van der Waals surface area contributed by atoms with E-state index in [-0.39, 0.29) is 5.60 Å². The molecule has 4 nitrogen and oxygen atoms in total. The van der Waals surface area contributed by atoms with E-state index in [1.54, 1.807) is 21.3 Å². The van der Waals surface area contributed by atoms with Gasteiger partial charge in [0.1, 0.15) is 11.4 Å². The third-order valence-corrected chi connectivity index (χ3v) is 4.54. The van der Waals surface area contributed by atoms with Gasteiger partial charge in [-0.25, -0.2) is 0 Å². The Labute approximate surface area is 155 Å². The molecule has 0 spiro atoms. The van der Waals surface area contributed by atoms with Crippen LogP contribution in [0.15, 0.2) is 36.4 Å². The number of rotatable bonds is 6. The summed E-state index contributed by atoms with van der Waals surface area (Å²) in [6.07, 6.45) is 6.04. The summed E-state index contributed by atoms with van der Waals surface area (Å²) in [5, 5.41) is 0. The second-order valence-electron chi connectivity index (χ2n) is 6.94. The van der Waals surface area contributed by atoms with Gasteiger partial charge in [-0.2, -0.15) is 0 Å². The Balaban J connectivity index is 1.77. The molecule has 0 saturated heterocycles. The summed E-state index contributed by atoms with van der Waals surface area (Å²) >= 11 is 0. The second-order valence-corrected chi connectivity index (χ2v) is 6.94. The van der Waals surface area contributed by atoms with Gasteiger partial charge in [0.25, 0.3) is 0 Å². The average molecular weight is 354 g/mol. The molecule has 0 atom stereocenters. The molecule has 0 fully saturated rings. The van der Waals surface area contributed by atoms with E-state index in [4.69, 9.17) is 18.9 Å². The molecular weight excluding hydrogens is 328 g/mol. The molecule has 26 heavy (non-hydrogen) atoms. The van der Waals surface area contributed by atoms with E-state index in [0.29, 0.717) is 17.2 Å². The van der Waals surface area contributed by atoms with Gasteiger partial charge in [-0.3, -0.25) is 0 Å². The van der Waals surface area contributed by atoms with Crippen molar-refractivity contribution in [2.75, 3.05) is 21.3 Å². The zero-order valence-corrected chi connectivity index (χ0v) is 16.1. The van der Waals surface area contributed by atoms with Crippen LogP contribution >= 0.6 is 0 Å². The van der Waals surface area contributed by atoms with Crippen LogP contribution in [0.4, 0.5) is 0 Å². The molecular formula is C22H26O4. The fraction of sp³-hybridized carbons (Fsp3) is 0.364. The van der Waals surface area contributed by atoms with Gasteiger partial charge in [-0.05, 0) is 68.2 Å². The van der Waals surface area contributed by atoms with Crippen molar-refractivity contribution in [3.05, 3.63) is 53.1 Å². The lowest BCUT2D eigenvalue weighted by Crippen LogP contribution is -2.27. The van der Waals surface area contributed by atoms with Gasteiger partial charge in [-0.1, -0.05) is 12.1 Å². The first-order valence-electron chi connectivity index (χ1n) is 8.76. The minimum Gasteiger partial charge on any atom is -0.493 e. The van der Waals surface area contributed by atoms with Crippen LogP contribution in [0, 0.1) is 0 Å². The normalized spacial score (nSPS) is 14.3. The lowest BCUT2D eigenvalue weighted by Gasteiger charge is -2.28. The monoisotopic (exact) mass is 354 g/mol.